The van der Waals surface area contributed by atoms with Gasteiger partial charge in [0.2, 0.25) is 0 Å². The average molecular weight is 286 g/mol. The number of likely N-dealkylation sites (N-methyl/N-ethyl adjacent to an activating group) is 1. The first-order valence-electron chi connectivity index (χ1n) is 8.89. The predicted octanol–water partition coefficient (Wildman–Crippen LogP) is 3.21. The highest BCUT2D eigenvalue weighted by atomic mass is 15.2. The fourth-order valence-electron chi connectivity index (χ4n) is 2.70. The lowest BCUT2D eigenvalue weighted by Crippen LogP contribution is -2.42. The van der Waals surface area contributed by atoms with Gasteiger partial charge in [0.1, 0.15) is 0 Å². The molecule has 0 rings (SSSR count). The van der Waals surface area contributed by atoms with E-state index in [-0.39, 0.29) is 0 Å². The number of nitrogens with zero attached hydrogens (tertiary/aromatic N) is 2. The van der Waals surface area contributed by atoms with E-state index in [2.05, 4.69) is 49.7 Å². The molecule has 3 heteroatoms. The SMILES string of the molecule is CCCNC(CCC)CN(CC)CCCN(CC)CC. The molecule has 0 amide bonds. The number of hydrogen-bond acceptors (Lipinski definition) is 3. The highest BCUT2D eigenvalue weighted by Crippen LogP contribution is 2.02. The van der Waals surface area contributed by atoms with Gasteiger partial charge in [-0.05, 0) is 58.5 Å². The second-order valence-electron chi connectivity index (χ2n) is 5.71. The summed E-state index contributed by atoms with van der Waals surface area (Å²) in [4.78, 5) is 5.14. The summed E-state index contributed by atoms with van der Waals surface area (Å²) in [6.07, 6.45) is 5.10. The summed E-state index contributed by atoms with van der Waals surface area (Å²) in [5.41, 5.74) is 0. The van der Waals surface area contributed by atoms with Crippen LogP contribution >= 0.6 is 0 Å². The van der Waals surface area contributed by atoms with Crippen LogP contribution in [-0.4, -0.2) is 61.7 Å². The lowest BCUT2D eigenvalue weighted by Gasteiger charge is -2.28. The van der Waals surface area contributed by atoms with Crippen molar-refractivity contribution >= 4 is 0 Å². The standard InChI is InChI=1S/C17H39N3/c1-6-12-17(18-13-7-2)16-20(10-5)15-11-14-19(8-3)9-4/h17-18H,6-16H2,1-5H3. The van der Waals surface area contributed by atoms with Crippen molar-refractivity contribution in [1.82, 2.24) is 15.1 Å². The molecule has 0 bridgehead atoms. The van der Waals surface area contributed by atoms with Gasteiger partial charge in [0.25, 0.3) is 0 Å². The Morgan fingerprint density at radius 1 is 0.800 bits per heavy atom. The summed E-state index contributed by atoms with van der Waals surface area (Å²) in [5.74, 6) is 0. The highest BCUT2D eigenvalue weighted by molar-refractivity contribution is 4.72. The molecular weight excluding hydrogens is 246 g/mol. The van der Waals surface area contributed by atoms with Crippen LogP contribution in [0.4, 0.5) is 0 Å². The molecule has 0 saturated carbocycles. The zero-order valence-electron chi connectivity index (χ0n) is 14.7. The third-order valence-electron chi connectivity index (χ3n) is 4.09. The third kappa shape index (κ3) is 9.73. The van der Waals surface area contributed by atoms with Crippen molar-refractivity contribution in [1.29, 1.82) is 0 Å². The van der Waals surface area contributed by atoms with Gasteiger partial charge in [-0.1, -0.05) is 41.0 Å². The highest BCUT2D eigenvalue weighted by Gasteiger charge is 2.11. The molecule has 0 aromatic carbocycles. The second kappa shape index (κ2) is 13.8. The Morgan fingerprint density at radius 3 is 1.90 bits per heavy atom. The number of rotatable bonds is 14. The summed E-state index contributed by atoms with van der Waals surface area (Å²) in [7, 11) is 0. The molecule has 1 atom stereocenters. The van der Waals surface area contributed by atoms with E-state index in [0.29, 0.717) is 6.04 Å². The molecule has 0 radical (unpaired) electrons. The first-order chi connectivity index (χ1) is 9.71. The Balaban J connectivity index is 4.02. The van der Waals surface area contributed by atoms with Crippen LogP contribution in [0.1, 0.15) is 60.3 Å². The summed E-state index contributed by atoms with van der Waals surface area (Å²) in [5, 5.41) is 3.70. The summed E-state index contributed by atoms with van der Waals surface area (Å²) in [6.45, 7) is 19.7. The van der Waals surface area contributed by atoms with Crippen LogP contribution in [0.3, 0.4) is 0 Å². The molecular formula is C17H39N3. The van der Waals surface area contributed by atoms with E-state index in [0.717, 1.165) is 6.54 Å². The molecule has 122 valence electrons. The molecule has 0 aromatic heterocycles. The number of hydrogen-bond donors (Lipinski definition) is 1. The Bertz CT molecular complexity index is 193. The maximum Gasteiger partial charge on any atom is 0.0194 e. The van der Waals surface area contributed by atoms with E-state index in [9.17, 15) is 0 Å². The minimum Gasteiger partial charge on any atom is -0.313 e. The summed E-state index contributed by atoms with van der Waals surface area (Å²) >= 11 is 0. The molecule has 0 saturated heterocycles. The van der Waals surface area contributed by atoms with Crippen LogP contribution in [0.2, 0.25) is 0 Å². The van der Waals surface area contributed by atoms with Gasteiger partial charge in [0.05, 0.1) is 0 Å². The molecule has 0 aromatic rings. The van der Waals surface area contributed by atoms with E-state index >= 15 is 0 Å². The monoisotopic (exact) mass is 285 g/mol. The maximum absolute atomic E-state index is 3.70. The largest absolute Gasteiger partial charge is 0.313 e. The average Bonchev–Trinajstić information content (AvgIpc) is 2.47. The van der Waals surface area contributed by atoms with Crippen molar-refractivity contribution in [3.63, 3.8) is 0 Å². The van der Waals surface area contributed by atoms with Crippen LogP contribution in [0.5, 0.6) is 0 Å². The van der Waals surface area contributed by atoms with Crippen LogP contribution in [0.15, 0.2) is 0 Å². The normalized spacial score (nSPS) is 13.3. The van der Waals surface area contributed by atoms with E-state index in [1.807, 2.05) is 0 Å². The first kappa shape index (κ1) is 19.9. The topological polar surface area (TPSA) is 18.5 Å². The smallest absolute Gasteiger partial charge is 0.0194 e. The Hall–Kier alpha value is -0.120. The van der Waals surface area contributed by atoms with E-state index in [4.69, 9.17) is 0 Å². The fourth-order valence-corrected chi connectivity index (χ4v) is 2.70. The van der Waals surface area contributed by atoms with Crippen LogP contribution in [-0.2, 0) is 0 Å². The molecule has 0 heterocycles. The van der Waals surface area contributed by atoms with Crippen molar-refractivity contribution < 1.29 is 0 Å². The van der Waals surface area contributed by atoms with Gasteiger partial charge in [-0.15, -0.1) is 0 Å². The van der Waals surface area contributed by atoms with E-state index in [1.165, 1.54) is 65.0 Å². The maximum atomic E-state index is 3.70. The van der Waals surface area contributed by atoms with Gasteiger partial charge in [-0.25, -0.2) is 0 Å². The van der Waals surface area contributed by atoms with Crippen molar-refractivity contribution in [2.45, 2.75) is 66.3 Å². The molecule has 0 fully saturated rings. The lowest BCUT2D eigenvalue weighted by molar-refractivity contribution is 0.221. The Morgan fingerprint density at radius 2 is 1.40 bits per heavy atom. The van der Waals surface area contributed by atoms with Gasteiger partial charge in [-0.2, -0.15) is 0 Å². The summed E-state index contributed by atoms with van der Waals surface area (Å²) in [6, 6.07) is 0.674. The fraction of sp³-hybridized carbons (Fsp3) is 1.00. The predicted molar refractivity (Wildman–Crippen MR) is 91.5 cm³/mol. The molecule has 0 aliphatic carbocycles. The first-order valence-corrected chi connectivity index (χ1v) is 8.89. The van der Waals surface area contributed by atoms with Gasteiger partial charge in [0, 0.05) is 12.6 Å². The molecule has 0 aliphatic heterocycles. The van der Waals surface area contributed by atoms with Crippen LogP contribution in [0.25, 0.3) is 0 Å². The minimum absolute atomic E-state index is 0.674. The van der Waals surface area contributed by atoms with Crippen molar-refractivity contribution in [2.75, 3.05) is 45.8 Å². The van der Waals surface area contributed by atoms with E-state index in [1.54, 1.807) is 0 Å². The van der Waals surface area contributed by atoms with Crippen LogP contribution in [0, 0.1) is 0 Å². The van der Waals surface area contributed by atoms with Gasteiger partial charge in [-0.3, -0.25) is 0 Å². The molecule has 1 N–H and O–H groups in total. The van der Waals surface area contributed by atoms with Crippen LogP contribution < -0.4 is 5.32 Å². The zero-order valence-corrected chi connectivity index (χ0v) is 14.7. The summed E-state index contributed by atoms with van der Waals surface area (Å²) < 4.78 is 0. The zero-order chi connectivity index (χ0) is 15.2. The minimum atomic E-state index is 0.674. The van der Waals surface area contributed by atoms with Gasteiger partial charge >= 0.3 is 0 Å². The Labute approximate surface area is 128 Å². The molecule has 20 heavy (non-hydrogen) atoms. The quantitative estimate of drug-likeness (QED) is 0.529. The number of nitrogens with one attached hydrogen (secondary N) is 1. The lowest BCUT2D eigenvalue weighted by atomic mass is 10.1. The third-order valence-corrected chi connectivity index (χ3v) is 4.09. The molecule has 0 spiro atoms. The molecule has 3 nitrogen and oxygen atoms in total. The van der Waals surface area contributed by atoms with Gasteiger partial charge in [0.15, 0.2) is 0 Å². The Kier molecular flexibility index (Phi) is 13.8. The van der Waals surface area contributed by atoms with Crippen molar-refractivity contribution in [3.8, 4) is 0 Å². The molecule has 0 aliphatic rings. The van der Waals surface area contributed by atoms with E-state index < -0.39 is 0 Å². The van der Waals surface area contributed by atoms with Crippen molar-refractivity contribution in [3.05, 3.63) is 0 Å². The second-order valence-corrected chi connectivity index (χ2v) is 5.71. The van der Waals surface area contributed by atoms with Gasteiger partial charge < -0.3 is 15.1 Å². The van der Waals surface area contributed by atoms with Crippen molar-refractivity contribution in [2.24, 2.45) is 0 Å². The molecule has 1 unspecified atom stereocenters.